The first-order chi connectivity index (χ1) is 14.1. The second kappa shape index (κ2) is 8.28. The van der Waals surface area contributed by atoms with E-state index < -0.39 is 6.23 Å². The van der Waals surface area contributed by atoms with Gasteiger partial charge in [0.15, 0.2) is 11.9 Å². The molecule has 1 aromatic carbocycles. The van der Waals surface area contributed by atoms with Crippen LogP contribution in [0.15, 0.2) is 49.1 Å². The van der Waals surface area contributed by atoms with Gasteiger partial charge in [-0.05, 0) is 24.3 Å². The predicted octanol–water partition coefficient (Wildman–Crippen LogP) is 3.60. The molecule has 0 saturated carbocycles. The quantitative estimate of drug-likeness (QED) is 0.342. The largest absolute Gasteiger partial charge is 0.496 e. The Hall–Kier alpha value is -2.81. The maximum Gasteiger partial charge on any atom is 0.162 e. The van der Waals surface area contributed by atoms with E-state index in [0.29, 0.717) is 51.4 Å². The van der Waals surface area contributed by atoms with Crippen LogP contribution in [0.3, 0.4) is 0 Å². The molecule has 0 spiro atoms. The number of halogens is 2. The van der Waals surface area contributed by atoms with Crippen LogP contribution in [0.5, 0.6) is 5.75 Å². The van der Waals surface area contributed by atoms with Gasteiger partial charge in [0.25, 0.3) is 0 Å². The van der Waals surface area contributed by atoms with Crippen molar-refractivity contribution in [3.8, 4) is 17.0 Å². The molecule has 8 nitrogen and oxygen atoms in total. The van der Waals surface area contributed by atoms with Crippen LogP contribution in [0.1, 0.15) is 11.8 Å². The summed E-state index contributed by atoms with van der Waals surface area (Å²) in [5.74, 6) is 1.01. The van der Waals surface area contributed by atoms with Crippen molar-refractivity contribution in [2.24, 2.45) is 0 Å². The fraction of sp³-hybridized carbons (Fsp3) is 0.211. The lowest BCUT2D eigenvalue weighted by Gasteiger charge is -2.14. The van der Waals surface area contributed by atoms with E-state index in [1.165, 1.54) is 0 Å². The van der Waals surface area contributed by atoms with Crippen LogP contribution in [0.4, 0.5) is 5.69 Å². The fourth-order valence-electron chi connectivity index (χ4n) is 3.06. The Morgan fingerprint density at radius 3 is 3.00 bits per heavy atom. The number of fused-ring (bicyclic) bond motifs is 1. The van der Waals surface area contributed by atoms with E-state index in [4.69, 9.17) is 27.9 Å². The average Bonchev–Trinajstić information content (AvgIpc) is 3.32. The van der Waals surface area contributed by atoms with Crippen LogP contribution in [-0.4, -0.2) is 42.5 Å². The summed E-state index contributed by atoms with van der Waals surface area (Å²) < 4.78 is 8.76. The molecule has 4 aromatic rings. The van der Waals surface area contributed by atoms with Gasteiger partial charge in [-0.25, -0.2) is 9.50 Å². The third-order valence-electron chi connectivity index (χ3n) is 4.39. The number of aromatic nitrogens is 5. The number of aryl methyl sites for hydroxylation is 1. The van der Waals surface area contributed by atoms with Gasteiger partial charge in [-0.15, -0.1) is 11.6 Å². The number of ether oxygens (including phenoxy) is 1. The Labute approximate surface area is 176 Å². The lowest BCUT2D eigenvalue weighted by atomic mass is 10.1. The molecule has 0 saturated heterocycles. The zero-order valence-corrected chi connectivity index (χ0v) is 17.0. The lowest BCUT2D eigenvalue weighted by molar-refractivity contribution is 0.209. The molecule has 0 radical (unpaired) electrons. The maximum atomic E-state index is 10.8. The molecule has 0 aliphatic heterocycles. The first kappa shape index (κ1) is 19.5. The van der Waals surface area contributed by atoms with Crippen LogP contribution >= 0.6 is 23.2 Å². The number of benzene rings is 1. The van der Waals surface area contributed by atoms with E-state index in [9.17, 15) is 5.11 Å². The Kier molecular flexibility index (Phi) is 5.57. The molecule has 0 amide bonds. The number of nitrogens with zero attached hydrogens (tertiary/aromatic N) is 5. The van der Waals surface area contributed by atoms with Crippen molar-refractivity contribution in [1.82, 2.24) is 24.4 Å². The summed E-state index contributed by atoms with van der Waals surface area (Å²) >= 11 is 12.1. The van der Waals surface area contributed by atoms with Crippen LogP contribution in [-0.2, 0) is 6.54 Å². The Morgan fingerprint density at radius 2 is 2.21 bits per heavy atom. The van der Waals surface area contributed by atoms with Gasteiger partial charge in [0.2, 0.25) is 0 Å². The van der Waals surface area contributed by atoms with Gasteiger partial charge in [0.05, 0.1) is 31.1 Å². The van der Waals surface area contributed by atoms with Crippen molar-refractivity contribution < 1.29 is 9.84 Å². The molecule has 150 valence electrons. The molecule has 1 unspecified atom stereocenters. The molecular formula is C19H18Cl2N6O2. The number of hydrogen-bond acceptors (Lipinski definition) is 6. The molecule has 10 heteroatoms. The van der Waals surface area contributed by atoms with Crippen LogP contribution < -0.4 is 10.1 Å². The van der Waals surface area contributed by atoms with Crippen LogP contribution in [0.25, 0.3) is 16.9 Å². The molecule has 29 heavy (non-hydrogen) atoms. The normalized spacial score (nSPS) is 12.3. The highest BCUT2D eigenvalue weighted by Crippen LogP contribution is 2.37. The van der Waals surface area contributed by atoms with Gasteiger partial charge in [0, 0.05) is 35.1 Å². The number of anilines is 1. The van der Waals surface area contributed by atoms with E-state index in [1.54, 1.807) is 65.4 Å². The fourth-order valence-corrected chi connectivity index (χ4v) is 3.40. The number of alkyl halides is 1. The third-order valence-corrected chi connectivity index (χ3v) is 4.79. The summed E-state index contributed by atoms with van der Waals surface area (Å²) in [7, 11) is 1.58. The molecule has 3 heterocycles. The number of nitrogens with one attached hydrogen (secondary N) is 1. The van der Waals surface area contributed by atoms with Crippen LogP contribution in [0.2, 0.25) is 5.02 Å². The average molecular weight is 433 g/mol. The summed E-state index contributed by atoms with van der Waals surface area (Å²) in [5.41, 5.74) is 2.97. The van der Waals surface area contributed by atoms with Crippen molar-refractivity contribution in [1.29, 1.82) is 0 Å². The summed E-state index contributed by atoms with van der Waals surface area (Å²) in [4.78, 5) is 4.28. The topological polar surface area (TPSA) is 89.5 Å². The van der Waals surface area contributed by atoms with Crippen molar-refractivity contribution >= 4 is 34.5 Å². The second-order valence-electron chi connectivity index (χ2n) is 6.22. The molecule has 1 atom stereocenters. The molecule has 0 bridgehead atoms. The van der Waals surface area contributed by atoms with Gasteiger partial charge in [0.1, 0.15) is 11.4 Å². The molecule has 0 aliphatic carbocycles. The van der Waals surface area contributed by atoms with Gasteiger partial charge in [-0.1, -0.05) is 11.6 Å². The van der Waals surface area contributed by atoms with E-state index >= 15 is 0 Å². The summed E-state index contributed by atoms with van der Waals surface area (Å²) in [5, 5.41) is 23.3. The Balaban J connectivity index is 1.74. The minimum absolute atomic E-state index is 0.397. The molecule has 4 rings (SSSR count). The van der Waals surface area contributed by atoms with Crippen molar-refractivity contribution in [2.75, 3.05) is 18.3 Å². The third kappa shape index (κ3) is 3.87. The highest BCUT2D eigenvalue weighted by atomic mass is 35.5. The van der Waals surface area contributed by atoms with E-state index in [1.807, 2.05) is 0 Å². The molecule has 3 aromatic heterocycles. The molecule has 2 N–H and O–H groups in total. The minimum Gasteiger partial charge on any atom is -0.496 e. The SMILES string of the molecule is COc1ccc(Cl)cc1-c1nn(CCCl)cc1NC(O)c1cnn2cccnc12. The van der Waals surface area contributed by atoms with Gasteiger partial charge in [-0.3, -0.25) is 4.68 Å². The van der Waals surface area contributed by atoms with Gasteiger partial charge in [-0.2, -0.15) is 10.2 Å². The lowest BCUT2D eigenvalue weighted by Crippen LogP contribution is -2.10. The number of aliphatic hydroxyl groups excluding tert-OH is 1. The minimum atomic E-state index is -1.06. The van der Waals surface area contributed by atoms with E-state index in [2.05, 4.69) is 20.5 Å². The summed E-state index contributed by atoms with van der Waals surface area (Å²) in [6.45, 7) is 0.507. The number of methoxy groups -OCH3 is 1. The standard InChI is InChI=1S/C19H18Cl2N6O2/c1-29-16-4-3-12(21)9-13(16)17-15(11-26(25-17)8-5-20)24-19(28)14-10-23-27-7-2-6-22-18(14)27/h2-4,6-7,9-11,19,24,28H,5,8H2,1H3. The zero-order valence-electron chi connectivity index (χ0n) is 15.5. The number of rotatable bonds is 7. The van der Waals surface area contributed by atoms with Crippen molar-refractivity contribution in [3.63, 3.8) is 0 Å². The maximum absolute atomic E-state index is 10.8. The first-order valence-electron chi connectivity index (χ1n) is 8.81. The summed E-state index contributed by atoms with van der Waals surface area (Å²) in [6.07, 6.45) is 5.70. The summed E-state index contributed by atoms with van der Waals surface area (Å²) in [6, 6.07) is 7.05. The number of hydrogen-bond donors (Lipinski definition) is 2. The Bertz CT molecular complexity index is 1140. The Morgan fingerprint density at radius 1 is 1.34 bits per heavy atom. The highest BCUT2D eigenvalue weighted by molar-refractivity contribution is 6.31. The smallest absolute Gasteiger partial charge is 0.162 e. The van der Waals surface area contributed by atoms with Gasteiger partial charge < -0.3 is 15.2 Å². The zero-order chi connectivity index (χ0) is 20.4. The van der Waals surface area contributed by atoms with Crippen molar-refractivity contribution in [2.45, 2.75) is 12.8 Å². The second-order valence-corrected chi connectivity index (χ2v) is 7.04. The van der Waals surface area contributed by atoms with E-state index in [-0.39, 0.29) is 0 Å². The molecule has 0 fully saturated rings. The first-order valence-corrected chi connectivity index (χ1v) is 9.72. The monoisotopic (exact) mass is 432 g/mol. The molecular weight excluding hydrogens is 415 g/mol. The highest BCUT2D eigenvalue weighted by Gasteiger charge is 2.21. The van der Waals surface area contributed by atoms with Crippen molar-refractivity contribution in [3.05, 3.63) is 59.6 Å². The van der Waals surface area contributed by atoms with E-state index in [0.717, 1.165) is 0 Å². The van der Waals surface area contributed by atoms with Gasteiger partial charge >= 0.3 is 0 Å². The molecule has 0 aliphatic rings. The number of aliphatic hydroxyl groups is 1. The van der Waals surface area contributed by atoms with Crippen LogP contribution in [0, 0.1) is 0 Å². The predicted molar refractivity (Wildman–Crippen MR) is 112 cm³/mol.